The molecule has 1 aliphatic rings. The molecule has 0 spiro atoms. The number of imidazole rings is 2. The van der Waals surface area contributed by atoms with Gasteiger partial charge in [-0.05, 0) is 42.5 Å². The lowest BCUT2D eigenvalue weighted by Gasteiger charge is -2.13. The minimum absolute atomic E-state index is 0.276. The van der Waals surface area contributed by atoms with Crippen molar-refractivity contribution in [2.24, 2.45) is 0 Å². The van der Waals surface area contributed by atoms with Crippen LogP contribution in [0, 0.1) is 0 Å². The van der Waals surface area contributed by atoms with Crippen LogP contribution in [0.1, 0.15) is 35.7 Å². The van der Waals surface area contributed by atoms with Crippen LogP contribution in [0.25, 0.3) is 11.2 Å². The number of fused-ring (bicyclic) bond motifs is 2. The SMILES string of the molecule is O=c1c(NCc2cn3cc(C4CC4)ccc3n2)c(NCc2ncn3ccc(Cl)cc23)c1=O. The molecular weight excluding hydrogens is 428 g/mol. The summed E-state index contributed by atoms with van der Waals surface area (Å²) in [6, 6.07) is 7.73. The van der Waals surface area contributed by atoms with Crippen LogP contribution in [0.3, 0.4) is 0 Å². The summed E-state index contributed by atoms with van der Waals surface area (Å²) >= 11 is 6.08. The number of hydrogen-bond acceptors (Lipinski definition) is 6. The van der Waals surface area contributed by atoms with Crippen LogP contribution in [0.15, 0.2) is 58.8 Å². The van der Waals surface area contributed by atoms with Gasteiger partial charge in [0.15, 0.2) is 0 Å². The molecule has 8 nitrogen and oxygen atoms in total. The maximum Gasteiger partial charge on any atom is 0.253 e. The first kappa shape index (κ1) is 19.1. The maximum atomic E-state index is 12.1. The first-order chi connectivity index (χ1) is 15.6. The second-order valence-corrected chi connectivity index (χ2v) is 8.61. The molecule has 0 radical (unpaired) electrons. The molecule has 4 heterocycles. The Labute approximate surface area is 187 Å². The monoisotopic (exact) mass is 446 g/mol. The lowest BCUT2D eigenvalue weighted by molar-refractivity contribution is 1.04. The topological polar surface area (TPSA) is 92.8 Å². The van der Waals surface area contributed by atoms with Crippen molar-refractivity contribution in [1.82, 2.24) is 18.8 Å². The van der Waals surface area contributed by atoms with E-state index in [0.29, 0.717) is 24.0 Å². The zero-order chi connectivity index (χ0) is 21.8. The zero-order valence-electron chi connectivity index (χ0n) is 17.0. The van der Waals surface area contributed by atoms with Crippen LogP contribution in [0.2, 0.25) is 5.02 Å². The van der Waals surface area contributed by atoms with Crippen LogP contribution in [-0.4, -0.2) is 18.8 Å². The number of nitrogens with one attached hydrogen (secondary N) is 2. The molecule has 32 heavy (non-hydrogen) atoms. The quantitative estimate of drug-likeness (QED) is 0.372. The fraction of sp³-hybridized carbons (Fsp3) is 0.217. The van der Waals surface area contributed by atoms with Gasteiger partial charge in [-0.3, -0.25) is 9.59 Å². The molecule has 160 valence electrons. The molecule has 0 amide bonds. The molecule has 2 N–H and O–H groups in total. The number of pyridine rings is 2. The third kappa shape index (κ3) is 3.23. The van der Waals surface area contributed by atoms with E-state index < -0.39 is 10.9 Å². The normalized spacial score (nSPS) is 13.9. The molecule has 4 aromatic heterocycles. The summed E-state index contributed by atoms with van der Waals surface area (Å²) in [5.74, 6) is 0.671. The minimum atomic E-state index is -0.530. The highest BCUT2D eigenvalue weighted by Crippen LogP contribution is 2.39. The molecule has 0 saturated heterocycles. The Morgan fingerprint density at radius 2 is 1.78 bits per heavy atom. The minimum Gasteiger partial charge on any atom is -0.374 e. The van der Waals surface area contributed by atoms with E-state index in [0.717, 1.165) is 22.6 Å². The summed E-state index contributed by atoms with van der Waals surface area (Å²) < 4.78 is 3.86. The predicted molar refractivity (Wildman–Crippen MR) is 123 cm³/mol. The van der Waals surface area contributed by atoms with E-state index in [1.165, 1.54) is 18.4 Å². The van der Waals surface area contributed by atoms with E-state index in [9.17, 15) is 9.59 Å². The van der Waals surface area contributed by atoms with E-state index >= 15 is 0 Å². The smallest absolute Gasteiger partial charge is 0.253 e. The Morgan fingerprint density at radius 1 is 1.00 bits per heavy atom. The fourth-order valence-electron chi connectivity index (χ4n) is 4.04. The fourth-order valence-corrected chi connectivity index (χ4v) is 4.20. The van der Waals surface area contributed by atoms with Gasteiger partial charge in [-0.1, -0.05) is 17.7 Å². The van der Waals surface area contributed by atoms with Crippen molar-refractivity contribution in [3.8, 4) is 0 Å². The highest BCUT2D eigenvalue weighted by molar-refractivity contribution is 6.30. The highest BCUT2D eigenvalue weighted by Gasteiger charge is 2.24. The van der Waals surface area contributed by atoms with Gasteiger partial charge in [0.2, 0.25) is 0 Å². The molecular formula is C23H19ClN6O2. The van der Waals surface area contributed by atoms with Crippen molar-refractivity contribution >= 4 is 34.1 Å². The summed E-state index contributed by atoms with van der Waals surface area (Å²) in [5.41, 5.74) is 4.07. The van der Waals surface area contributed by atoms with Crippen LogP contribution in [0.5, 0.6) is 0 Å². The molecule has 5 aromatic rings. The molecule has 0 atom stereocenters. The summed E-state index contributed by atoms with van der Waals surface area (Å²) in [6.45, 7) is 0.650. The molecule has 0 aliphatic heterocycles. The summed E-state index contributed by atoms with van der Waals surface area (Å²) in [7, 11) is 0. The van der Waals surface area contributed by atoms with Crippen LogP contribution >= 0.6 is 11.6 Å². The third-order valence-corrected chi connectivity index (χ3v) is 6.18. The Morgan fingerprint density at radius 3 is 2.56 bits per heavy atom. The zero-order valence-corrected chi connectivity index (χ0v) is 17.8. The van der Waals surface area contributed by atoms with E-state index in [2.05, 4.69) is 32.9 Å². The molecule has 0 unspecified atom stereocenters. The predicted octanol–water partition coefficient (Wildman–Crippen LogP) is 3.33. The van der Waals surface area contributed by atoms with Gasteiger partial charge in [0.1, 0.15) is 17.0 Å². The lowest BCUT2D eigenvalue weighted by Crippen LogP contribution is -2.37. The van der Waals surface area contributed by atoms with Crippen molar-refractivity contribution in [2.75, 3.05) is 10.6 Å². The average molecular weight is 447 g/mol. The highest BCUT2D eigenvalue weighted by atomic mass is 35.5. The second-order valence-electron chi connectivity index (χ2n) is 8.18. The Balaban J connectivity index is 1.18. The van der Waals surface area contributed by atoms with Crippen molar-refractivity contribution < 1.29 is 0 Å². The van der Waals surface area contributed by atoms with Gasteiger partial charge in [-0.15, -0.1) is 0 Å². The Bertz CT molecular complexity index is 1550. The summed E-state index contributed by atoms with van der Waals surface area (Å²) in [5, 5.41) is 6.74. The van der Waals surface area contributed by atoms with Crippen molar-refractivity contribution in [3.05, 3.63) is 91.6 Å². The molecule has 0 bridgehead atoms. The van der Waals surface area contributed by atoms with Crippen molar-refractivity contribution in [3.63, 3.8) is 0 Å². The standard InChI is InChI=1S/C23H19ClN6O2/c24-15-5-6-29-12-27-17(18(29)7-15)9-26-21-20(22(31)23(21)32)25-8-16-11-30-10-14(13-1-2-13)3-4-19(30)28-16/h3-7,10-13,25-26H,1-2,8-9H2. The second kappa shape index (κ2) is 7.20. The largest absolute Gasteiger partial charge is 0.374 e. The first-order valence-corrected chi connectivity index (χ1v) is 10.8. The van der Waals surface area contributed by atoms with Crippen LogP contribution in [-0.2, 0) is 13.1 Å². The van der Waals surface area contributed by atoms with E-state index in [-0.39, 0.29) is 11.4 Å². The van der Waals surface area contributed by atoms with Gasteiger partial charge >= 0.3 is 0 Å². The number of anilines is 2. The molecule has 6 rings (SSSR count). The number of aromatic nitrogens is 4. The number of rotatable bonds is 7. The van der Waals surface area contributed by atoms with Gasteiger partial charge in [0, 0.05) is 23.6 Å². The molecule has 1 aliphatic carbocycles. The third-order valence-electron chi connectivity index (χ3n) is 5.94. The van der Waals surface area contributed by atoms with E-state index in [1.807, 2.05) is 33.3 Å². The molecule has 9 heteroatoms. The van der Waals surface area contributed by atoms with Gasteiger partial charge < -0.3 is 19.4 Å². The maximum absolute atomic E-state index is 12.1. The van der Waals surface area contributed by atoms with Crippen molar-refractivity contribution in [1.29, 1.82) is 0 Å². The average Bonchev–Trinajstić information content (AvgIpc) is 3.46. The first-order valence-electron chi connectivity index (χ1n) is 10.5. The van der Waals surface area contributed by atoms with Crippen LogP contribution < -0.4 is 21.5 Å². The lowest BCUT2D eigenvalue weighted by atomic mass is 10.2. The Hall–Kier alpha value is -3.65. The molecule has 1 saturated carbocycles. The summed E-state index contributed by atoms with van der Waals surface area (Å²) in [6.07, 6.45) is 10.1. The van der Waals surface area contributed by atoms with Crippen molar-refractivity contribution in [2.45, 2.75) is 31.8 Å². The van der Waals surface area contributed by atoms with E-state index in [4.69, 9.17) is 11.6 Å². The summed E-state index contributed by atoms with van der Waals surface area (Å²) in [4.78, 5) is 33.2. The van der Waals surface area contributed by atoms with Gasteiger partial charge in [-0.2, -0.15) is 0 Å². The van der Waals surface area contributed by atoms with Gasteiger partial charge in [0.05, 0.1) is 36.3 Å². The van der Waals surface area contributed by atoms with Gasteiger partial charge in [-0.25, -0.2) is 9.97 Å². The van der Waals surface area contributed by atoms with Crippen LogP contribution in [0.4, 0.5) is 11.4 Å². The van der Waals surface area contributed by atoms with Gasteiger partial charge in [0.25, 0.3) is 10.9 Å². The number of halogens is 1. The molecule has 1 aromatic carbocycles. The molecule has 1 fully saturated rings. The van der Waals surface area contributed by atoms with E-state index in [1.54, 1.807) is 12.4 Å². The Kier molecular flexibility index (Phi) is 4.29. The number of nitrogens with zero attached hydrogens (tertiary/aromatic N) is 4. The number of hydrogen-bond donors (Lipinski definition) is 2.